The van der Waals surface area contributed by atoms with Crippen LogP contribution in [0.1, 0.15) is 5.56 Å². The SMILES string of the molecule is C=CCNCC(=O)NCc1cccnc1. The van der Waals surface area contributed by atoms with Gasteiger partial charge in [-0.3, -0.25) is 9.78 Å². The van der Waals surface area contributed by atoms with Gasteiger partial charge in [0.05, 0.1) is 6.54 Å². The first-order valence-electron chi connectivity index (χ1n) is 4.80. The molecule has 0 spiro atoms. The van der Waals surface area contributed by atoms with Gasteiger partial charge in [0.2, 0.25) is 5.91 Å². The molecule has 80 valence electrons. The van der Waals surface area contributed by atoms with Crippen molar-refractivity contribution in [2.45, 2.75) is 6.54 Å². The molecule has 0 unspecified atom stereocenters. The molecule has 0 saturated carbocycles. The first kappa shape index (κ1) is 11.4. The summed E-state index contributed by atoms with van der Waals surface area (Å²) in [6.07, 6.45) is 5.16. The molecular formula is C11H15N3O. The van der Waals surface area contributed by atoms with E-state index in [0.29, 0.717) is 19.6 Å². The maximum Gasteiger partial charge on any atom is 0.234 e. The first-order chi connectivity index (χ1) is 7.33. The van der Waals surface area contributed by atoms with Crippen molar-refractivity contribution in [2.75, 3.05) is 13.1 Å². The van der Waals surface area contributed by atoms with E-state index < -0.39 is 0 Å². The van der Waals surface area contributed by atoms with Gasteiger partial charge in [0.1, 0.15) is 0 Å². The second-order valence-corrected chi connectivity index (χ2v) is 3.06. The molecule has 1 aromatic heterocycles. The van der Waals surface area contributed by atoms with Gasteiger partial charge in [-0.2, -0.15) is 0 Å². The van der Waals surface area contributed by atoms with Crippen molar-refractivity contribution in [1.29, 1.82) is 0 Å². The summed E-state index contributed by atoms with van der Waals surface area (Å²) in [6, 6.07) is 3.77. The average molecular weight is 205 g/mol. The molecule has 0 aliphatic rings. The Balaban J connectivity index is 2.20. The van der Waals surface area contributed by atoms with Crippen LogP contribution in [0.4, 0.5) is 0 Å². The van der Waals surface area contributed by atoms with Crippen LogP contribution in [0.2, 0.25) is 0 Å². The molecule has 4 heteroatoms. The van der Waals surface area contributed by atoms with E-state index in [9.17, 15) is 4.79 Å². The summed E-state index contributed by atoms with van der Waals surface area (Å²) < 4.78 is 0. The lowest BCUT2D eigenvalue weighted by molar-refractivity contribution is -0.120. The predicted octanol–water partition coefficient (Wildman–Crippen LogP) is 0.473. The van der Waals surface area contributed by atoms with Gasteiger partial charge in [0.25, 0.3) is 0 Å². The fourth-order valence-corrected chi connectivity index (χ4v) is 1.05. The molecule has 0 radical (unpaired) electrons. The van der Waals surface area contributed by atoms with Gasteiger partial charge < -0.3 is 10.6 Å². The Labute approximate surface area is 89.4 Å². The highest BCUT2D eigenvalue weighted by molar-refractivity contribution is 5.77. The highest BCUT2D eigenvalue weighted by atomic mass is 16.1. The number of hydrogen-bond acceptors (Lipinski definition) is 3. The number of rotatable bonds is 6. The Kier molecular flexibility index (Phi) is 5.11. The minimum Gasteiger partial charge on any atom is -0.351 e. The number of pyridine rings is 1. The average Bonchev–Trinajstić information content (AvgIpc) is 2.28. The minimum absolute atomic E-state index is 0.0271. The fraction of sp³-hybridized carbons (Fsp3) is 0.273. The van der Waals surface area contributed by atoms with E-state index in [1.165, 1.54) is 0 Å². The predicted molar refractivity (Wildman–Crippen MR) is 59.2 cm³/mol. The van der Waals surface area contributed by atoms with Crippen LogP contribution in [-0.2, 0) is 11.3 Å². The van der Waals surface area contributed by atoms with E-state index in [-0.39, 0.29) is 5.91 Å². The van der Waals surface area contributed by atoms with E-state index in [0.717, 1.165) is 5.56 Å². The van der Waals surface area contributed by atoms with Crippen LogP contribution in [0, 0.1) is 0 Å². The van der Waals surface area contributed by atoms with Crippen molar-refractivity contribution < 1.29 is 4.79 Å². The third-order valence-corrected chi connectivity index (χ3v) is 1.79. The first-order valence-corrected chi connectivity index (χ1v) is 4.80. The standard InChI is InChI=1S/C11H15N3O/c1-2-5-12-9-11(15)14-8-10-4-3-6-13-7-10/h2-4,6-7,12H,1,5,8-9H2,(H,14,15). The number of nitrogens with one attached hydrogen (secondary N) is 2. The summed E-state index contributed by atoms with van der Waals surface area (Å²) in [5.74, 6) is -0.0271. The second kappa shape index (κ2) is 6.73. The molecule has 1 heterocycles. The van der Waals surface area contributed by atoms with Gasteiger partial charge in [0.15, 0.2) is 0 Å². The number of carbonyl (C=O) groups excluding carboxylic acids is 1. The van der Waals surface area contributed by atoms with E-state index in [1.54, 1.807) is 18.5 Å². The fourth-order valence-electron chi connectivity index (χ4n) is 1.05. The topological polar surface area (TPSA) is 54.0 Å². The molecule has 0 saturated heterocycles. The summed E-state index contributed by atoms with van der Waals surface area (Å²) in [5.41, 5.74) is 0.995. The normalized spacial score (nSPS) is 9.60. The molecule has 2 N–H and O–H groups in total. The van der Waals surface area contributed by atoms with Crippen LogP contribution in [0.15, 0.2) is 37.2 Å². The van der Waals surface area contributed by atoms with Crippen LogP contribution in [0.5, 0.6) is 0 Å². The monoisotopic (exact) mass is 205 g/mol. The Bertz CT molecular complexity index is 311. The number of hydrogen-bond donors (Lipinski definition) is 2. The largest absolute Gasteiger partial charge is 0.351 e. The minimum atomic E-state index is -0.0271. The molecule has 0 aromatic carbocycles. The summed E-state index contributed by atoms with van der Waals surface area (Å²) in [7, 11) is 0. The maximum atomic E-state index is 11.3. The van der Waals surface area contributed by atoms with Gasteiger partial charge in [-0.1, -0.05) is 12.1 Å². The zero-order valence-corrected chi connectivity index (χ0v) is 8.57. The van der Waals surface area contributed by atoms with E-state index in [1.807, 2.05) is 12.1 Å². The highest BCUT2D eigenvalue weighted by Gasteiger charge is 1.99. The molecule has 0 fully saturated rings. The highest BCUT2D eigenvalue weighted by Crippen LogP contribution is 1.93. The molecule has 0 aliphatic heterocycles. The Morgan fingerprint density at radius 3 is 3.13 bits per heavy atom. The smallest absolute Gasteiger partial charge is 0.234 e. The number of carbonyl (C=O) groups is 1. The molecule has 0 atom stereocenters. The van der Waals surface area contributed by atoms with Crippen molar-refractivity contribution in [3.8, 4) is 0 Å². The number of aromatic nitrogens is 1. The summed E-state index contributed by atoms with van der Waals surface area (Å²) in [6.45, 7) is 5.02. The lowest BCUT2D eigenvalue weighted by Crippen LogP contribution is -2.33. The second-order valence-electron chi connectivity index (χ2n) is 3.06. The van der Waals surface area contributed by atoms with Gasteiger partial charge in [0, 0.05) is 25.5 Å². The maximum absolute atomic E-state index is 11.3. The Hall–Kier alpha value is -1.68. The van der Waals surface area contributed by atoms with Gasteiger partial charge in [-0.15, -0.1) is 6.58 Å². The van der Waals surface area contributed by atoms with Crippen LogP contribution < -0.4 is 10.6 Å². The van der Waals surface area contributed by atoms with Crippen molar-refractivity contribution in [3.63, 3.8) is 0 Å². The van der Waals surface area contributed by atoms with Crippen LogP contribution in [0.25, 0.3) is 0 Å². The molecule has 1 rings (SSSR count). The summed E-state index contributed by atoms with van der Waals surface area (Å²) in [5, 5.41) is 5.71. The molecular weight excluding hydrogens is 190 g/mol. The number of nitrogens with zero attached hydrogens (tertiary/aromatic N) is 1. The molecule has 15 heavy (non-hydrogen) atoms. The molecule has 0 aliphatic carbocycles. The Morgan fingerprint density at radius 2 is 2.47 bits per heavy atom. The van der Waals surface area contributed by atoms with Crippen LogP contribution >= 0.6 is 0 Å². The lowest BCUT2D eigenvalue weighted by Gasteiger charge is -2.04. The van der Waals surface area contributed by atoms with E-state index in [2.05, 4.69) is 22.2 Å². The molecule has 1 amide bonds. The lowest BCUT2D eigenvalue weighted by atomic mass is 10.3. The van der Waals surface area contributed by atoms with Gasteiger partial charge in [-0.05, 0) is 11.6 Å². The molecule has 4 nitrogen and oxygen atoms in total. The van der Waals surface area contributed by atoms with E-state index >= 15 is 0 Å². The summed E-state index contributed by atoms with van der Waals surface area (Å²) in [4.78, 5) is 15.2. The van der Waals surface area contributed by atoms with Gasteiger partial charge in [-0.25, -0.2) is 0 Å². The van der Waals surface area contributed by atoms with Gasteiger partial charge >= 0.3 is 0 Å². The zero-order valence-electron chi connectivity index (χ0n) is 8.57. The molecule has 1 aromatic rings. The van der Waals surface area contributed by atoms with Crippen molar-refractivity contribution in [1.82, 2.24) is 15.6 Å². The number of amides is 1. The zero-order chi connectivity index (χ0) is 10.9. The van der Waals surface area contributed by atoms with E-state index in [4.69, 9.17) is 0 Å². The Morgan fingerprint density at radius 1 is 1.60 bits per heavy atom. The quantitative estimate of drug-likeness (QED) is 0.524. The van der Waals surface area contributed by atoms with Crippen molar-refractivity contribution in [2.24, 2.45) is 0 Å². The van der Waals surface area contributed by atoms with Crippen molar-refractivity contribution >= 4 is 5.91 Å². The third-order valence-electron chi connectivity index (χ3n) is 1.79. The molecule has 0 bridgehead atoms. The third kappa shape index (κ3) is 4.93. The van der Waals surface area contributed by atoms with Crippen LogP contribution in [0.3, 0.4) is 0 Å². The van der Waals surface area contributed by atoms with Crippen molar-refractivity contribution in [3.05, 3.63) is 42.7 Å². The summed E-state index contributed by atoms with van der Waals surface area (Å²) >= 11 is 0. The van der Waals surface area contributed by atoms with Crippen LogP contribution in [-0.4, -0.2) is 24.0 Å².